The van der Waals surface area contributed by atoms with E-state index in [9.17, 15) is 5.11 Å². The van der Waals surface area contributed by atoms with Gasteiger partial charge in [-0.25, -0.2) is 0 Å². The maximum absolute atomic E-state index is 10.8. The summed E-state index contributed by atoms with van der Waals surface area (Å²) in [5.74, 6) is 0. The van der Waals surface area contributed by atoms with Gasteiger partial charge in [0.1, 0.15) is 0 Å². The Bertz CT molecular complexity index is 637. The van der Waals surface area contributed by atoms with E-state index < -0.39 is 6.10 Å². The second-order valence-corrected chi connectivity index (χ2v) is 6.25. The standard InChI is InChI=1S/C21H28N2O/c1-3-4-5-9-12-19(15-18-10-7-6-8-11-18)21(24)16-20-17(2)22-13-14-23-20/h6-8,10-11,13-15,21,24H,3-5,9,12,16H2,1-2H3/b19-15-. The van der Waals surface area contributed by atoms with E-state index in [1.54, 1.807) is 12.4 Å². The van der Waals surface area contributed by atoms with Crippen molar-refractivity contribution in [1.29, 1.82) is 0 Å². The quantitative estimate of drug-likeness (QED) is 0.678. The van der Waals surface area contributed by atoms with Crippen molar-refractivity contribution in [2.24, 2.45) is 0 Å². The molecule has 3 heteroatoms. The van der Waals surface area contributed by atoms with Gasteiger partial charge in [-0.3, -0.25) is 9.97 Å². The van der Waals surface area contributed by atoms with Crippen molar-refractivity contribution in [3.63, 3.8) is 0 Å². The summed E-state index contributed by atoms with van der Waals surface area (Å²) in [7, 11) is 0. The van der Waals surface area contributed by atoms with Gasteiger partial charge < -0.3 is 5.11 Å². The van der Waals surface area contributed by atoms with E-state index in [1.165, 1.54) is 19.3 Å². The molecule has 0 fully saturated rings. The smallest absolute Gasteiger partial charge is 0.0809 e. The van der Waals surface area contributed by atoms with Crippen LogP contribution in [0.1, 0.15) is 56.0 Å². The van der Waals surface area contributed by atoms with Gasteiger partial charge in [0.2, 0.25) is 0 Å². The van der Waals surface area contributed by atoms with Crippen LogP contribution in [0.4, 0.5) is 0 Å². The van der Waals surface area contributed by atoms with Gasteiger partial charge in [0, 0.05) is 18.8 Å². The minimum Gasteiger partial charge on any atom is -0.388 e. The van der Waals surface area contributed by atoms with Gasteiger partial charge in [-0.15, -0.1) is 0 Å². The summed E-state index contributed by atoms with van der Waals surface area (Å²) in [5.41, 5.74) is 3.99. The number of unbranched alkanes of at least 4 members (excludes halogenated alkanes) is 3. The fraction of sp³-hybridized carbons (Fsp3) is 0.429. The highest BCUT2D eigenvalue weighted by molar-refractivity contribution is 5.53. The Hall–Kier alpha value is -2.00. The first-order valence-corrected chi connectivity index (χ1v) is 8.90. The Kier molecular flexibility index (Phi) is 7.63. The number of hydrogen-bond acceptors (Lipinski definition) is 3. The van der Waals surface area contributed by atoms with Crippen molar-refractivity contribution < 1.29 is 5.11 Å². The lowest BCUT2D eigenvalue weighted by molar-refractivity contribution is 0.206. The second kappa shape index (κ2) is 9.99. The topological polar surface area (TPSA) is 46.0 Å². The summed E-state index contributed by atoms with van der Waals surface area (Å²) in [4.78, 5) is 8.64. The SMILES string of the molecule is CCCCCC/C(=C/c1ccccc1)C(O)Cc1nccnc1C. The first-order valence-electron chi connectivity index (χ1n) is 8.90. The lowest BCUT2D eigenvalue weighted by Gasteiger charge is -2.16. The number of rotatable bonds is 9. The Labute approximate surface area is 145 Å². The minimum atomic E-state index is -0.512. The van der Waals surface area contributed by atoms with Crippen LogP contribution in [0.5, 0.6) is 0 Å². The van der Waals surface area contributed by atoms with Crippen molar-refractivity contribution in [2.45, 2.75) is 58.5 Å². The summed E-state index contributed by atoms with van der Waals surface area (Å²) < 4.78 is 0. The molecule has 0 aliphatic carbocycles. The van der Waals surface area contributed by atoms with E-state index in [1.807, 2.05) is 25.1 Å². The predicted octanol–water partition coefficient (Wildman–Crippen LogP) is 4.74. The Morgan fingerprint density at radius 2 is 1.83 bits per heavy atom. The largest absolute Gasteiger partial charge is 0.388 e. The molecule has 1 aromatic heterocycles. The number of benzene rings is 1. The summed E-state index contributed by atoms with van der Waals surface area (Å²) in [6.45, 7) is 4.16. The van der Waals surface area contributed by atoms with E-state index in [2.05, 4.69) is 35.1 Å². The third-order valence-electron chi connectivity index (χ3n) is 4.27. The summed E-state index contributed by atoms with van der Waals surface area (Å²) in [5, 5.41) is 10.8. The number of hydrogen-bond donors (Lipinski definition) is 1. The van der Waals surface area contributed by atoms with Crippen LogP contribution in [0.2, 0.25) is 0 Å². The summed E-state index contributed by atoms with van der Waals surface area (Å²) >= 11 is 0. The van der Waals surface area contributed by atoms with Gasteiger partial charge in [-0.05, 0) is 30.9 Å². The number of aliphatic hydroxyl groups is 1. The van der Waals surface area contributed by atoms with Crippen LogP contribution in [0.3, 0.4) is 0 Å². The van der Waals surface area contributed by atoms with E-state index >= 15 is 0 Å². The highest BCUT2D eigenvalue weighted by atomic mass is 16.3. The molecule has 0 saturated heterocycles. The zero-order chi connectivity index (χ0) is 17.2. The van der Waals surface area contributed by atoms with Gasteiger partial charge in [0.25, 0.3) is 0 Å². The van der Waals surface area contributed by atoms with Gasteiger partial charge in [0.15, 0.2) is 0 Å². The molecule has 1 aromatic carbocycles. The maximum atomic E-state index is 10.8. The van der Waals surface area contributed by atoms with Crippen LogP contribution in [-0.4, -0.2) is 21.2 Å². The van der Waals surface area contributed by atoms with Crippen LogP contribution >= 0.6 is 0 Å². The molecule has 0 amide bonds. The number of aliphatic hydroxyl groups excluding tert-OH is 1. The van der Waals surface area contributed by atoms with Crippen LogP contribution in [-0.2, 0) is 6.42 Å². The van der Waals surface area contributed by atoms with E-state index in [0.29, 0.717) is 6.42 Å². The van der Waals surface area contributed by atoms with Gasteiger partial charge in [0.05, 0.1) is 17.5 Å². The van der Waals surface area contributed by atoms with Crippen LogP contribution in [0.15, 0.2) is 48.3 Å². The number of aryl methyl sites for hydroxylation is 1. The molecule has 0 aliphatic heterocycles. The highest BCUT2D eigenvalue weighted by Gasteiger charge is 2.14. The molecule has 1 atom stereocenters. The average Bonchev–Trinajstić information content (AvgIpc) is 2.60. The molecule has 2 aromatic rings. The fourth-order valence-electron chi connectivity index (χ4n) is 2.81. The molecular weight excluding hydrogens is 296 g/mol. The molecule has 1 heterocycles. The third kappa shape index (κ3) is 5.89. The normalized spacial score (nSPS) is 13.0. The molecule has 1 N–H and O–H groups in total. The van der Waals surface area contributed by atoms with Crippen LogP contribution < -0.4 is 0 Å². The predicted molar refractivity (Wildman–Crippen MR) is 99.7 cm³/mol. The van der Waals surface area contributed by atoms with Gasteiger partial charge >= 0.3 is 0 Å². The first-order chi connectivity index (χ1) is 11.7. The zero-order valence-corrected chi connectivity index (χ0v) is 14.8. The zero-order valence-electron chi connectivity index (χ0n) is 14.8. The molecule has 24 heavy (non-hydrogen) atoms. The fourth-order valence-corrected chi connectivity index (χ4v) is 2.81. The molecule has 0 saturated carbocycles. The summed E-state index contributed by atoms with van der Waals surface area (Å²) in [6.07, 6.45) is 11.2. The molecule has 128 valence electrons. The lowest BCUT2D eigenvalue weighted by Crippen LogP contribution is -2.16. The maximum Gasteiger partial charge on any atom is 0.0809 e. The molecule has 0 spiro atoms. The highest BCUT2D eigenvalue weighted by Crippen LogP contribution is 2.20. The molecule has 0 bridgehead atoms. The average molecular weight is 324 g/mol. The first kappa shape index (κ1) is 18.3. The van der Waals surface area contributed by atoms with Crippen molar-refractivity contribution >= 4 is 6.08 Å². The molecular formula is C21H28N2O. The number of nitrogens with zero attached hydrogens (tertiary/aromatic N) is 2. The van der Waals surface area contributed by atoms with E-state index in [-0.39, 0.29) is 0 Å². The van der Waals surface area contributed by atoms with Crippen molar-refractivity contribution in [1.82, 2.24) is 9.97 Å². The van der Waals surface area contributed by atoms with E-state index in [0.717, 1.165) is 35.4 Å². The summed E-state index contributed by atoms with van der Waals surface area (Å²) in [6, 6.07) is 10.2. The molecule has 2 rings (SSSR count). The minimum absolute atomic E-state index is 0.512. The number of aromatic nitrogens is 2. The van der Waals surface area contributed by atoms with Crippen molar-refractivity contribution in [3.8, 4) is 0 Å². The third-order valence-corrected chi connectivity index (χ3v) is 4.27. The lowest BCUT2D eigenvalue weighted by atomic mass is 9.96. The van der Waals surface area contributed by atoms with Gasteiger partial charge in [-0.1, -0.05) is 62.6 Å². The molecule has 3 nitrogen and oxygen atoms in total. The van der Waals surface area contributed by atoms with Crippen molar-refractivity contribution in [3.05, 3.63) is 65.2 Å². The molecule has 0 radical (unpaired) electrons. The Balaban J connectivity index is 2.11. The Morgan fingerprint density at radius 1 is 1.08 bits per heavy atom. The monoisotopic (exact) mass is 324 g/mol. The molecule has 0 aliphatic rings. The molecule has 1 unspecified atom stereocenters. The van der Waals surface area contributed by atoms with Crippen LogP contribution in [0, 0.1) is 6.92 Å². The second-order valence-electron chi connectivity index (χ2n) is 6.25. The van der Waals surface area contributed by atoms with Crippen molar-refractivity contribution in [2.75, 3.05) is 0 Å². The van der Waals surface area contributed by atoms with E-state index in [4.69, 9.17) is 0 Å². The Morgan fingerprint density at radius 3 is 2.54 bits per heavy atom. The van der Waals surface area contributed by atoms with Gasteiger partial charge in [-0.2, -0.15) is 0 Å². The van der Waals surface area contributed by atoms with Crippen LogP contribution in [0.25, 0.3) is 6.08 Å².